The molecular formula is C19H24F6N4O5. The molecule has 1 amide bonds. The van der Waals surface area contributed by atoms with Gasteiger partial charge in [0, 0.05) is 38.4 Å². The number of amides is 1. The average molecular weight is 502 g/mol. The maximum Gasteiger partial charge on any atom is 0.490 e. The van der Waals surface area contributed by atoms with Crippen molar-refractivity contribution in [3.05, 3.63) is 23.9 Å². The van der Waals surface area contributed by atoms with Crippen molar-refractivity contribution in [2.45, 2.75) is 44.1 Å². The number of anilines is 1. The fraction of sp³-hybridized carbons (Fsp3) is 0.579. The molecule has 4 N–H and O–H groups in total. The molecule has 0 spiro atoms. The van der Waals surface area contributed by atoms with E-state index < -0.39 is 24.3 Å². The number of carboxylic acids is 2. The number of carbonyl (C=O) groups is 3. The highest BCUT2D eigenvalue weighted by Crippen LogP contribution is 2.19. The van der Waals surface area contributed by atoms with E-state index in [9.17, 15) is 31.1 Å². The van der Waals surface area contributed by atoms with Gasteiger partial charge in [0.25, 0.3) is 5.91 Å². The Kier molecular flexibility index (Phi) is 10.5. The third-order valence-corrected chi connectivity index (χ3v) is 4.74. The van der Waals surface area contributed by atoms with Crippen molar-refractivity contribution >= 4 is 23.7 Å². The highest BCUT2D eigenvalue weighted by Gasteiger charge is 2.38. The summed E-state index contributed by atoms with van der Waals surface area (Å²) in [4.78, 5) is 38.6. The molecule has 15 heteroatoms. The first-order chi connectivity index (χ1) is 15.6. The van der Waals surface area contributed by atoms with Crippen molar-refractivity contribution in [3.8, 4) is 0 Å². The molecular weight excluding hydrogens is 478 g/mol. The van der Waals surface area contributed by atoms with Gasteiger partial charge in [-0.1, -0.05) is 0 Å². The molecule has 3 heterocycles. The van der Waals surface area contributed by atoms with Gasteiger partial charge in [-0.3, -0.25) is 4.79 Å². The lowest BCUT2D eigenvalue weighted by atomic mass is 10.1. The number of carboxylic acid groups (broad SMARTS) is 2. The summed E-state index contributed by atoms with van der Waals surface area (Å²) in [7, 11) is 0. The quantitative estimate of drug-likeness (QED) is 0.525. The summed E-state index contributed by atoms with van der Waals surface area (Å²) in [6.07, 6.45) is -4.20. The van der Waals surface area contributed by atoms with Crippen LogP contribution in [0.5, 0.6) is 0 Å². The average Bonchev–Trinajstić information content (AvgIpc) is 3.28. The summed E-state index contributed by atoms with van der Waals surface area (Å²) < 4.78 is 63.5. The van der Waals surface area contributed by atoms with Gasteiger partial charge in [-0.05, 0) is 37.8 Å². The molecule has 0 unspecified atom stereocenters. The van der Waals surface area contributed by atoms with Gasteiger partial charge >= 0.3 is 24.3 Å². The number of hydrogen-bond acceptors (Lipinski definition) is 6. The number of piperidine rings is 1. The second-order valence-electron chi connectivity index (χ2n) is 7.33. The number of likely N-dealkylation sites (tertiary alicyclic amines) is 1. The Hall–Kier alpha value is -3.10. The molecule has 192 valence electrons. The Morgan fingerprint density at radius 1 is 0.882 bits per heavy atom. The van der Waals surface area contributed by atoms with Crippen LogP contribution in [-0.4, -0.2) is 82.5 Å². The molecule has 0 saturated carbocycles. The SMILES string of the molecule is NC1CCN(c2ccc(C(=O)N3CCCC3)cn2)CC1.O=C(O)C(F)(F)F.O=C(O)C(F)(F)F. The lowest BCUT2D eigenvalue weighted by Crippen LogP contribution is -2.40. The minimum absolute atomic E-state index is 0.113. The predicted molar refractivity (Wildman–Crippen MR) is 106 cm³/mol. The number of hydrogen-bond donors (Lipinski definition) is 3. The molecule has 2 aliphatic rings. The summed E-state index contributed by atoms with van der Waals surface area (Å²) in [5.41, 5.74) is 6.61. The third kappa shape index (κ3) is 9.80. The number of aliphatic carboxylic acids is 2. The van der Waals surface area contributed by atoms with E-state index in [1.807, 2.05) is 17.0 Å². The Bertz CT molecular complexity index is 794. The van der Waals surface area contributed by atoms with E-state index in [1.165, 1.54) is 0 Å². The molecule has 0 aromatic carbocycles. The van der Waals surface area contributed by atoms with Gasteiger partial charge in [-0.15, -0.1) is 0 Å². The van der Waals surface area contributed by atoms with Crippen LogP contribution >= 0.6 is 0 Å². The van der Waals surface area contributed by atoms with Crippen LogP contribution in [0.15, 0.2) is 18.3 Å². The van der Waals surface area contributed by atoms with Crippen LogP contribution in [0.2, 0.25) is 0 Å². The first kappa shape index (κ1) is 28.9. The van der Waals surface area contributed by atoms with Crippen LogP contribution in [-0.2, 0) is 9.59 Å². The summed E-state index contributed by atoms with van der Waals surface area (Å²) in [5, 5.41) is 14.2. The second-order valence-corrected chi connectivity index (χ2v) is 7.33. The molecule has 2 aliphatic heterocycles. The maximum absolute atomic E-state index is 12.2. The molecule has 1 aromatic rings. The zero-order chi connectivity index (χ0) is 26.1. The molecule has 3 rings (SSSR count). The Morgan fingerprint density at radius 2 is 1.32 bits per heavy atom. The van der Waals surface area contributed by atoms with Crippen LogP contribution in [0.3, 0.4) is 0 Å². The number of alkyl halides is 6. The predicted octanol–water partition coefficient (Wildman–Crippen LogP) is 2.51. The van der Waals surface area contributed by atoms with Crippen molar-refractivity contribution in [2.24, 2.45) is 5.73 Å². The fourth-order valence-electron chi connectivity index (χ4n) is 2.93. The maximum atomic E-state index is 12.2. The molecule has 0 bridgehead atoms. The number of rotatable bonds is 2. The van der Waals surface area contributed by atoms with Gasteiger partial charge in [-0.2, -0.15) is 26.3 Å². The van der Waals surface area contributed by atoms with E-state index in [4.69, 9.17) is 25.5 Å². The normalized spacial score (nSPS) is 16.7. The van der Waals surface area contributed by atoms with Crippen molar-refractivity contribution in [2.75, 3.05) is 31.1 Å². The Balaban J connectivity index is 0.000000343. The van der Waals surface area contributed by atoms with E-state index in [0.29, 0.717) is 11.6 Å². The molecule has 2 saturated heterocycles. The molecule has 2 fully saturated rings. The van der Waals surface area contributed by atoms with Crippen molar-refractivity contribution in [1.29, 1.82) is 0 Å². The standard InChI is InChI=1S/C15H22N4O.2C2HF3O2/c16-13-5-9-18(10-6-13)14-4-3-12(11-17-14)15(20)19-7-1-2-8-19;2*3-2(4,5)1(6)7/h3-4,11,13H,1-2,5-10,16H2;2*(H,6,7). The molecule has 0 radical (unpaired) electrons. The van der Waals surface area contributed by atoms with Crippen LogP contribution < -0.4 is 10.6 Å². The van der Waals surface area contributed by atoms with Gasteiger partial charge < -0.3 is 25.7 Å². The summed E-state index contributed by atoms with van der Waals surface area (Å²) in [5.74, 6) is -4.45. The van der Waals surface area contributed by atoms with Gasteiger partial charge in [0.05, 0.1) is 5.56 Å². The second kappa shape index (κ2) is 12.4. The number of halogens is 6. The highest BCUT2D eigenvalue weighted by atomic mass is 19.4. The smallest absolute Gasteiger partial charge is 0.475 e. The zero-order valence-corrected chi connectivity index (χ0v) is 17.8. The first-order valence-corrected chi connectivity index (χ1v) is 9.99. The van der Waals surface area contributed by atoms with E-state index in [1.54, 1.807) is 6.20 Å². The summed E-state index contributed by atoms with van der Waals surface area (Å²) in [6, 6.07) is 4.18. The van der Waals surface area contributed by atoms with Crippen molar-refractivity contribution in [3.63, 3.8) is 0 Å². The number of pyridine rings is 1. The van der Waals surface area contributed by atoms with Crippen LogP contribution in [0.25, 0.3) is 0 Å². The van der Waals surface area contributed by atoms with E-state index in [0.717, 1.165) is 57.7 Å². The minimum Gasteiger partial charge on any atom is -0.475 e. The summed E-state index contributed by atoms with van der Waals surface area (Å²) >= 11 is 0. The number of nitrogens with zero attached hydrogens (tertiary/aromatic N) is 3. The topological polar surface area (TPSA) is 137 Å². The van der Waals surface area contributed by atoms with Gasteiger partial charge in [0.1, 0.15) is 5.82 Å². The van der Waals surface area contributed by atoms with E-state index >= 15 is 0 Å². The van der Waals surface area contributed by atoms with Crippen LogP contribution in [0.1, 0.15) is 36.0 Å². The molecule has 34 heavy (non-hydrogen) atoms. The largest absolute Gasteiger partial charge is 0.490 e. The first-order valence-electron chi connectivity index (χ1n) is 9.99. The lowest BCUT2D eigenvalue weighted by molar-refractivity contribution is -0.193. The van der Waals surface area contributed by atoms with Gasteiger partial charge in [0.2, 0.25) is 0 Å². The third-order valence-electron chi connectivity index (χ3n) is 4.74. The number of nitrogens with two attached hydrogens (primary N) is 1. The van der Waals surface area contributed by atoms with Gasteiger partial charge in [-0.25, -0.2) is 14.6 Å². The van der Waals surface area contributed by atoms with Crippen LogP contribution in [0, 0.1) is 0 Å². The molecule has 0 aliphatic carbocycles. The van der Waals surface area contributed by atoms with Gasteiger partial charge in [0.15, 0.2) is 0 Å². The lowest BCUT2D eigenvalue weighted by Gasteiger charge is -2.31. The Morgan fingerprint density at radius 3 is 1.68 bits per heavy atom. The fourth-order valence-corrected chi connectivity index (χ4v) is 2.93. The Labute approximate surface area is 190 Å². The van der Waals surface area contributed by atoms with E-state index in [2.05, 4.69) is 9.88 Å². The minimum atomic E-state index is -5.08. The van der Waals surface area contributed by atoms with Crippen molar-refractivity contribution in [1.82, 2.24) is 9.88 Å². The molecule has 1 aromatic heterocycles. The number of aromatic nitrogens is 1. The number of carbonyl (C=O) groups excluding carboxylic acids is 1. The highest BCUT2D eigenvalue weighted by molar-refractivity contribution is 5.94. The molecule has 9 nitrogen and oxygen atoms in total. The van der Waals surface area contributed by atoms with Crippen LogP contribution in [0.4, 0.5) is 32.2 Å². The van der Waals surface area contributed by atoms with E-state index in [-0.39, 0.29) is 5.91 Å². The van der Waals surface area contributed by atoms with Crippen molar-refractivity contribution < 1.29 is 50.9 Å². The zero-order valence-electron chi connectivity index (χ0n) is 17.8. The summed E-state index contributed by atoms with van der Waals surface area (Å²) in [6.45, 7) is 3.66. The monoisotopic (exact) mass is 502 g/mol. The molecule has 0 atom stereocenters.